The molecular weight excluding hydrogens is 336 g/mol. The first-order valence-corrected chi connectivity index (χ1v) is 8.02. The average molecular weight is 358 g/mol. The van der Waals surface area contributed by atoms with Crippen LogP contribution in [-0.2, 0) is 4.79 Å². The van der Waals surface area contributed by atoms with E-state index < -0.39 is 5.97 Å². The van der Waals surface area contributed by atoms with Gasteiger partial charge in [-0.2, -0.15) is 0 Å². The fourth-order valence-corrected chi connectivity index (χ4v) is 2.53. The first-order chi connectivity index (χ1) is 12.5. The minimum absolute atomic E-state index is 0.0974. The third kappa shape index (κ3) is 4.08. The van der Waals surface area contributed by atoms with Crippen LogP contribution >= 0.6 is 0 Å². The van der Waals surface area contributed by atoms with Gasteiger partial charge in [-0.05, 0) is 36.8 Å². The van der Waals surface area contributed by atoms with Crippen LogP contribution in [0.5, 0.6) is 23.0 Å². The maximum absolute atomic E-state index is 11.9. The van der Waals surface area contributed by atoms with E-state index in [9.17, 15) is 9.90 Å². The third-order valence-corrected chi connectivity index (χ3v) is 3.74. The van der Waals surface area contributed by atoms with Crippen molar-refractivity contribution < 1.29 is 28.8 Å². The smallest absolute Gasteiger partial charge is 0.336 e. The van der Waals surface area contributed by atoms with Gasteiger partial charge in [-0.15, -0.1) is 0 Å². The summed E-state index contributed by atoms with van der Waals surface area (Å²) < 4.78 is 21.4. The molecule has 2 aromatic carbocycles. The normalized spacial score (nSPS) is 11.0. The zero-order valence-electron chi connectivity index (χ0n) is 15.2. The van der Waals surface area contributed by atoms with Gasteiger partial charge in [-0.25, -0.2) is 4.79 Å². The van der Waals surface area contributed by atoms with Crippen molar-refractivity contribution in [1.82, 2.24) is 0 Å². The van der Waals surface area contributed by atoms with Crippen molar-refractivity contribution in [3.05, 3.63) is 47.5 Å². The number of rotatable bonds is 8. The van der Waals surface area contributed by atoms with Crippen LogP contribution in [-0.4, -0.2) is 39.0 Å². The van der Waals surface area contributed by atoms with E-state index in [1.54, 1.807) is 42.5 Å². The summed E-state index contributed by atoms with van der Waals surface area (Å²) in [6.45, 7) is 2.28. The van der Waals surface area contributed by atoms with E-state index in [1.807, 2.05) is 6.92 Å². The molecule has 2 aromatic rings. The molecule has 0 fully saturated rings. The van der Waals surface area contributed by atoms with Crippen LogP contribution in [0.25, 0.3) is 11.6 Å². The molecule has 0 bridgehead atoms. The standard InChI is InChI=1S/C20H22O6/c1-5-26-19-14(7-6-8-17(19)24-3)11-15(20(21)22)13-9-10-16(23-2)18(12-13)25-4/h6-12H,5H2,1-4H3,(H,21,22)/b15-11-. The summed E-state index contributed by atoms with van der Waals surface area (Å²) in [5.74, 6) is 0.946. The van der Waals surface area contributed by atoms with Crippen molar-refractivity contribution >= 4 is 17.6 Å². The molecule has 6 nitrogen and oxygen atoms in total. The SMILES string of the molecule is CCOc1c(/C=C(\C(=O)O)c2ccc(OC)c(OC)c2)cccc1OC. The van der Waals surface area contributed by atoms with Gasteiger partial charge in [-0.3, -0.25) is 0 Å². The van der Waals surface area contributed by atoms with Gasteiger partial charge in [0.05, 0.1) is 33.5 Å². The fourth-order valence-electron chi connectivity index (χ4n) is 2.53. The van der Waals surface area contributed by atoms with Crippen LogP contribution in [0.2, 0.25) is 0 Å². The van der Waals surface area contributed by atoms with Crippen molar-refractivity contribution in [2.24, 2.45) is 0 Å². The molecule has 1 N–H and O–H groups in total. The summed E-state index contributed by atoms with van der Waals surface area (Å²) in [4.78, 5) is 11.9. The third-order valence-electron chi connectivity index (χ3n) is 3.74. The van der Waals surface area contributed by atoms with Crippen molar-refractivity contribution in [3.63, 3.8) is 0 Å². The number of aliphatic carboxylic acids is 1. The lowest BCUT2D eigenvalue weighted by Gasteiger charge is -2.13. The van der Waals surface area contributed by atoms with Crippen molar-refractivity contribution in [2.75, 3.05) is 27.9 Å². The number of hydrogen-bond donors (Lipinski definition) is 1. The van der Waals surface area contributed by atoms with E-state index in [1.165, 1.54) is 21.3 Å². The van der Waals surface area contributed by atoms with Gasteiger partial charge in [-0.1, -0.05) is 18.2 Å². The van der Waals surface area contributed by atoms with Crippen LogP contribution in [0.1, 0.15) is 18.1 Å². The molecule has 0 heterocycles. The maximum atomic E-state index is 11.9. The van der Waals surface area contributed by atoms with E-state index in [0.29, 0.717) is 40.7 Å². The molecule has 0 saturated heterocycles. The molecule has 0 saturated carbocycles. The molecule has 2 rings (SSSR count). The highest BCUT2D eigenvalue weighted by molar-refractivity contribution is 6.21. The Balaban J connectivity index is 2.60. The second kappa shape index (κ2) is 8.80. The summed E-state index contributed by atoms with van der Waals surface area (Å²) in [7, 11) is 4.56. The Kier molecular flexibility index (Phi) is 6.49. The number of carboxylic acids is 1. The molecule has 0 aromatic heterocycles. The van der Waals surface area contributed by atoms with E-state index in [2.05, 4.69) is 0 Å². The van der Waals surface area contributed by atoms with Gasteiger partial charge in [0.1, 0.15) is 0 Å². The van der Waals surface area contributed by atoms with Gasteiger partial charge >= 0.3 is 5.97 Å². The molecule has 0 aliphatic carbocycles. The van der Waals surface area contributed by atoms with Crippen molar-refractivity contribution in [1.29, 1.82) is 0 Å². The Labute approximate surface area is 152 Å². The van der Waals surface area contributed by atoms with Gasteiger partial charge in [0.25, 0.3) is 0 Å². The molecule has 0 aliphatic rings. The molecule has 0 radical (unpaired) electrons. The highest BCUT2D eigenvalue weighted by atomic mass is 16.5. The van der Waals surface area contributed by atoms with E-state index in [0.717, 1.165) is 0 Å². The lowest BCUT2D eigenvalue weighted by molar-refractivity contribution is -0.130. The highest BCUT2D eigenvalue weighted by Gasteiger charge is 2.16. The molecular formula is C20H22O6. The predicted octanol–water partition coefficient (Wildman–Crippen LogP) is 3.74. The highest BCUT2D eigenvalue weighted by Crippen LogP contribution is 2.35. The van der Waals surface area contributed by atoms with Gasteiger partial charge in [0, 0.05) is 5.56 Å². The van der Waals surface area contributed by atoms with Crippen LogP contribution < -0.4 is 18.9 Å². The molecule has 0 atom stereocenters. The molecule has 0 unspecified atom stereocenters. The molecule has 138 valence electrons. The summed E-state index contributed by atoms with van der Waals surface area (Å²) in [5, 5.41) is 9.71. The van der Waals surface area contributed by atoms with E-state index in [4.69, 9.17) is 18.9 Å². The Morgan fingerprint density at radius 3 is 2.27 bits per heavy atom. The Hall–Kier alpha value is -3.15. The number of methoxy groups -OCH3 is 3. The summed E-state index contributed by atoms with van der Waals surface area (Å²) in [6, 6.07) is 10.3. The number of carbonyl (C=O) groups is 1. The van der Waals surface area contributed by atoms with Crippen molar-refractivity contribution in [3.8, 4) is 23.0 Å². The van der Waals surface area contributed by atoms with E-state index >= 15 is 0 Å². The van der Waals surface area contributed by atoms with Crippen LogP contribution in [0, 0.1) is 0 Å². The predicted molar refractivity (Wildman–Crippen MR) is 99.2 cm³/mol. The lowest BCUT2D eigenvalue weighted by atomic mass is 10.0. The van der Waals surface area contributed by atoms with Gasteiger partial charge < -0.3 is 24.1 Å². The van der Waals surface area contributed by atoms with Crippen molar-refractivity contribution in [2.45, 2.75) is 6.92 Å². The number of ether oxygens (including phenoxy) is 4. The first-order valence-electron chi connectivity index (χ1n) is 8.02. The summed E-state index contributed by atoms with van der Waals surface area (Å²) >= 11 is 0. The summed E-state index contributed by atoms with van der Waals surface area (Å²) in [6.07, 6.45) is 1.55. The minimum atomic E-state index is -1.07. The molecule has 0 aliphatic heterocycles. The number of para-hydroxylation sites is 1. The first kappa shape index (κ1) is 19.2. The number of hydrogen-bond acceptors (Lipinski definition) is 5. The van der Waals surface area contributed by atoms with Gasteiger partial charge in [0.2, 0.25) is 0 Å². The molecule has 0 amide bonds. The van der Waals surface area contributed by atoms with Crippen LogP contribution in [0.15, 0.2) is 36.4 Å². The lowest BCUT2D eigenvalue weighted by Crippen LogP contribution is -2.02. The molecule has 0 spiro atoms. The average Bonchev–Trinajstić information content (AvgIpc) is 2.66. The van der Waals surface area contributed by atoms with Gasteiger partial charge in [0.15, 0.2) is 23.0 Å². The fraction of sp³-hybridized carbons (Fsp3) is 0.250. The number of carboxylic acid groups (broad SMARTS) is 1. The molecule has 6 heteroatoms. The minimum Gasteiger partial charge on any atom is -0.493 e. The maximum Gasteiger partial charge on any atom is 0.336 e. The number of benzene rings is 2. The Bertz CT molecular complexity index is 810. The monoisotopic (exact) mass is 358 g/mol. The van der Waals surface area contributed by atoms with Crippen LogP contribution in [0.4, 0.5) is 0 Å². The molecule has 26 heavy (non-hydrogen) atoms. The topological polar surface area (TPSA) is 74.2 Å². The zero-order valence-corrected chi connectivity index (χ0v) is 15.2. The largest absolute Gasteiger partial charge is 0.493 e. The Morgan fingerprint density at radius 1 is 1.00 bits per heavy atom. The Morgan fingerprint density at radius 2 is 1.69 bits per heavy atom. The second-order valence-electron chi connectivity index (χ2n) is 5.24. The quantitative estimate of drug-likeness (QED) is 0.572. The zero-order chi connectivity index (χ0) is 19.1. The van der Waals surface area contributed by atoms with Crippen LogP contribution in [0.3, 0.4) is 0 Å². The summed E-state index contributed by atoms with van der Waals surface area (Å²) in [5.41, 5.74) is 1.19. The van der Waals surface area contributed by atoms with E-state index in [-0.39, 0.29) is 5.57 Å². The second-order valence-corrected chi connectivity index (χ2v) is 5.24.